The fraction of sp³-hybridized carbons (Fsp3) is 0.115. The molecule has 2 heterocycles. The summed E-state index contributed by atoms with van der Waals surface area (Å²) in [6, 6.07) is 23.4. The van der Waals surface area contributed by atoms with Crippen molar-refractivity contribution in [1.29, 1.82) is 0 Å². The molecule has 3 aromatic carbocycles. The molecule has 2 aromatic heterocycles. The van der Waals surface area contributed by atoms with Crippen LogP contribution in [0.2, 0.25) is 0 Å². The summed E-state index contributed by atoms with van der Waals surface area (Å²) in [5.74, 6) is 0. The van der Waals surface area contributed by atoms with Crippen molar-refractivity contribution >= 4 is 21.9 Å². The zero-order chi connectivity index (χ0) is 19.3. The lowest BCUT2D eigenvalue weighted by molar-refractivity contribution is 0.670. The minimum atomic E-state index is 0.897. The Hall–Kier alpha value is -3.39. The molecule has 136 valence electrons. The summed E-state index contributed by atoms with van der Waals surface area (Å²) >= 11 is 0. The number of hydrogen-bond acceptors (Lipinski definition) is 2. The van der Waals surface area contributed by atoms with Gasteiger partial charge in [0.1, 0.15) is 11.2 Å². The molecule has 0 aliphatic heterocycles. The molecule has 0 fully saturated rings. The van der Waals surface area contributed by atoms with E-state index in [1.807, 2.05) is 12.3 Å². The maximum Gasteiger partial charge on any atom is 0.144 e. The second-order valence-corrected chi connectivity index (χ2v) is 7.48. The molecule has 0 unspecified atom stereocenters. The quantitative estimate of drug-likeness (QED) is 0.330. The second kappa shape index (κ2) is 6.35. The lowest BCUT2D eigenvalue weighted by atomic mass is 9.95. The fourth-order valence-corrected chi connectivity index (χ4v) is 4.11. The zero-order valence-corrected chi connectivity index (χ0v) is 16.3. The normalized spacial score (nSPS) is 11.4. The number of furan rings is 1. The van der Waals surface area contributed by atoms with Crippen LogP contribution >= 0.6 is 0 Å². The van der Waals surface area contributed by atoms with Crippen LogP contribution < -0.4 is 0 Å². The second-order valence-electron chi connectivity index (χ2n) is 7.48. The standard InChI is InChI=1S/C26H21NO/c1-16-12-13-27-23(14-16)22-9-5-8-21-20-11-10-19(15-24(20)28-26(21)22)25-17(2)6-4-7-18(25)3/h4-15H,1-3H3. The maximum atomic E-state index is 6.38. The number of benzene rings is 3. The zero-order valence-electron chi connectivity index (χ0n) is 16.3. The van der Waals surface area contributed by atoms with E-state index in [0.29, 0.717) is 0 Å². The minimum absolute atomic E-state index is 0.897. The number of pyridine rings is 1. The van der Waals surface area contributed by atoms with E-state index in [0.717, 1.165) is 33.2 Å². The van der Waals surface area contributed by atoms with Gasteiger partial charge in [-0.2, -0.15) is 0 Å². The maximum absolute atomic E-state index is 6.38. The molecule has 0 aliphatic rings. The van der Waals surface area contributed by atoms with E-state index in [4.69, 9.17) is 4.42 Å². The summed E-state index contributed by atoms with van der Waals surface area (Å²) in [6.45, 7) is 6.40. The molecule has 0 saturated carbocycles. The van der Waals surface area contributed by atoms with E-state index in [1.165, 1.54) is 27.8 Å². The smallest absolute Gasteiger partial charge is 0.144 e. The molecule has 0 aliphatic carbocycles. The molecule has 0 radical (unpaired) electrons. The van der Waals surface area contributed by atoms with Gasteiger partial charge in [-0.25, -0.2) is 0 Å². The van der Waals surface area contributed by atoms with Crippen LogP contribution in [0.4, 0.5) is 0 Å². The van der Waals surface area contributed by atoms with Gasteiger partial charge in [-0.1, -0.05) is 36.4 Å². The first kappa shape index (κ1) is 16.8. The van der Waals surface area contributed by atoms with Gasteiger partial charge in [-0.3, -0.25) is 4.98 Å². The first-order chi connectivity index (χ1) is 13.6. The molecule has 0 atom stereocenters. The van der Waals surface area contributed by atoms with Gasteiger partial charge < -0.3 is 4.42 Å². The SMILES string of the molecule is Cc1ccnc(-c2cccc3c2oc2cc(-c4c(C)cccc4C)ccc23)c1. The van der Waals surface area contributed by atoms with Crippen LogP contribution in [-0.2, 0) is 0 Å². The molecule has 0 bridgehead atoms. The third-order valence-corrected chi connectivity index (χ3v) is 5.46. The average molecular weight is 363 g/mol. The average Bonchev–Trinajstić information content (AvgIpc) is 3.06. The van der Waals surface area contributed by atoms with Crippen LogP contribution in [0, 0.1) is 20.8 Å². The Morgan fingerprint density at radius 2 is 1.54 bits per heavy atom. The Balaban J connectivity index is 1.76. The lowest BCUT2D eigenvalue weighted by Gasteiger charge is -2.09. The highest BCUT2D eigenvalue weighted by molar-refractivity contribution is 6.10. The number of nitrogens with zero attached hydrogens (tertiary/aromatic N) is 1. The highest BCUT2D eigenvalue weighted by Gasteiger charge is 2.14. The largest absolute Gasteiger partial charge is 0.455 e. The molecular formula is C26H21NO. The van der Waals surface area contributed by atoms with E-state index < -0.39 is 0 Å². The van der Waals surface area contributed by atoms with Crippen molar-refractivity contribution in [2.24, 2.45) is 0 Å². The number of rotatable bonds is 2. The topological polar surface area (TPSA) is 26.0 Å². The van der Waals surface area contributed by atoms with Gasteiger partial charge in [-0.05, 0) is 78.9 Å². The number of hydrogen-bond donors (Lipinski definition) is 0. The highest BCUT2D eigenvalue weighted by Crippen LogP contribution is 2.37. The van der Waals surface area contributed by atoms with Crippen molar-refractivity contribution in [3.63, 3.8) is 0 Å². The monoisotopic (exact) mass is 363 g/mol. The van der Waals surface area contributed by atoms with Crippen LogP contribution in [0.5, 0.6) is 0 Å². The molecule has 0 spiro atoms. The Kier molecular flexibility index (Phi) is 3.80. The molecule has 0 saturated heterocycles. The number of fused-ring (bicyclic) bond motifs is 3. The minimum Gasteiger partial charge on any atom is -0.455 e. The molecule has 0 N–H and O–H groups in total. The van der Waals surface area contributed by atoms with Gasteiger partial charge in [0, 0.05) is 22.5 Å². The Labute approximate surface area is 164 Å². The van der Waals surface area contributed by atoms with Gasteiger partial charge in [0.2, 0.25) is 0 Å². The van der Waals surface area contributed by atoms with Crippen LogP contribution in [0.25, 0.3) is 44.3 Å². The van der Waals surface area contributed by atoms with Crippen molar-refractivity contribution in [3.8, 4) is 22.4 Å². The number of aromatic nitrogens is 1. The molecule has 2 heteroatoms. The van der Waals surface area contributed by atoms with Crippen molar-refractivity contribution in [2.45, 2.75) is 20.8 Å². The summed E-state index contributed by atoms with van der Waals surface area (Å²) < 4.78 is 6.38. The van der Waals surface area contributed by atoms with E-state index in [2.05, 4.69) is 86.4 Å². The van der Waals surface area contributed by atoms with Gasteiger partial charge >= 0.3 is 0 Å². The van der Waals surface area contributed by atoms with Crippen molar-refractivity contribution < 1.29 is 4.42 Å². The van der Waals surface area contributed by atoms with Crippen LogP contribution in [0.1, 0.15) is 16.7 Å². The van der Waals surface area contributed by atoms with Crippen LogP contribution in [0.15, 0.2) is 77.3 Å². The third-order valence-electron chi connectivity index (χ3n) is 5.46. The van der Waals surface area contributed by atoms with E-state index in [1.54, 1.807) is 0 Å². The lowest BCUT2D eigenvalue weighted by Crippen LogP contribution is -1.87. The van der Waals surface area contributed by atoms with Gasteiger partial charge in [0.15, 0.2) is 0 Å². The molecule has 28 heavy (non-hydrogen) atoms. The molecule has 5 rings (SSSR count). The molecule has 0 amide bonds. The Bertz CT molecular complexity index is 1320. The predicted octanol–water partition coefficient (Wildman–Crippen LogP) is 7.24. The van der Waals surface area contributed by atoms with Crippen molar-refractivity contribution in [3.05, 3.63) is 89.6 Å². The summed E-state index contributed by atoms with van der Waals surface area (Å²) in [6.07, 6.45) is 1.85. The van der Waals surface area contributed by atoms with Crippen LogP contribution in [0.3, 0.4) is 0 Å². The first-order valence-electron chi connectivity index (χ1n) is 9.57. The summed E-state index contributed by atoms with van der Waals surface area (Å²) in [7, 11) is 0. The van der Waals surface area contributed by atoms with Gasteiger partial charge in [0.25, 0.3) is 0 Å². The third kappa shape index (κ3) is 2.61. The number of aryl methyl sites for hydroxylation is 3. The van der Waals surface area contributed by atoms with Gasteiger partial charge in [0.05, 0.1) is 5.69 Å². The van der Waals surface area contributed by atoms with E-state index in [9.17, 15) is 0 Å². The molecular weight excluding hydrogens is 342 g/mol. The van der Waals surface area contributed by atoms with Gasteiger partial charge in [-0.15, -0.1) is 0 Å². The summed E-state index contributed by atoms with van der Waals surface area (Å²) in [4.78, 5) is 4.56. The molecule has 5 aromatic rings. The number of para-hydroxylation sites is 1. The van der Waals surface area contributed by atoms with Crippen molar-refractivity contribution in [2.75, 3.05) is 0 Å². The first-order valence-corrected chi connectivity index (χ1v) is 9.57. The Morgan fingerprint density at radius 3 is 2.32 bits per heavy atom. The highest BCUT2D eigenvalue weighted by atomic mass is 16.3. The van der Waals surface area contributed by atoms with Crippen LogP contribution in [-0.4, -0.2) is 4.98 Å². The summed E-state index contributed by atoms with van der Waals surface area (Å²) in [5.41, 5.74) is 10.0. The van der Waals surface area contributed by atoms with E-state index in [-0.39, 0.29) is 0 Å². The van der Waals surface area contributed by atoms with E-state index >= 15 is 0 Å². The molecule has 2 nitrogen and oxygen atoms in total. The summed E-state index contributed by atoms with van der Waals surface area (Å²) in [5, 5.41) is 2.27. The predicted molar refractivity (Wildman–Crippen MR) is 117 cm³/mol. The Morgan fingerprint density at radius 1 is 0.750 bits per heavy atom. The fourth-order valence-electron chi connectivity index (χ4n) is 4.11. The van der Waals surface area contributed by atoms with Crippen molar-refractivity contribution in [1.82, 2.24) is 4.98 Å².